The average Bonchev–Trinajstić information content (AvgIpc) is 3.07. The summed E-state index contributed by atoms with van der Waals surface area (Å²) in [4.78, 5) is 14.5. The fourth-order valence-electron chi connectivity index (χ4n) is 3.35. The molecule has 0 bridgehead atoms. The van der Waals surface area contributed by atoms with E-state index in [1.807, 2.05) is 9.58 Å². The molecule has 2 aliphatic rings. The summed E-state index contributed by atoms with van der Waals surface area (Å²) in [6.45, 7) is 1.75. The Morgan fingerprint density at radius 1 is 1.46 bits per heavy atom. The number of carbonyl (C=O) groups is 1. The van der Waals surface area contributed by atoms with Crippen LogP contribution in [0.2, 0.25) is 5.02 Å². The predicted octanol–water partition coefficient (Wildman–Crippen LogP) is 1.55. The molecule has 24 heavy (non-hydrogen) atoms. The van der Waals surface area contributed by atoms with Crippen LogP contribution in [0.25, 0.3) is 0 Å². The molecule has 0 aliphatic carbocycles. The number of phenols is 1. The van der Waals surface area contributed by atoms with Crippen molar-refractivity contribution in [2.24, 2.45) is 0 Å². The number of piperidine rings is 1. The van der Waals surface area contributed by atoms with Crippen LogP contribution in [0.4, 0.5) is 0 Å². The van der Waals surface area contributed by atoms with Crippen molar-refractivity contribution in [3.63, 3.8) is 0 Å². The van der Waals surface area contributed by atoms with Gasteiger partial charge in [-0.25, -0.2) is 4.68 Å². The van der Waals surface area contributed by atoms with Gasteiger partial charge in [0.25, 0.3) is 0 Å². The lowest BCUT2D eigenvalue weighted by molar-refractivity contribution is -0.137. The minimum atomic E-state index is 0.0114. The Hall–Kier alpha value is -2.12. The third-order valence-corrected chi connectivity index (χ3v) is 4.95. The number of hydrogen-bond donors (Lipinski definition) is 1. The van der Waals surface area contributed by atoms with Crippen molar-refractivity contribution in [2.45, 2.75) is 31.6 Å². The normalized spacial score (nSPS) is 22.8. The molecule has 2 atom stereocenters. The summed E-state index contributed by atoms with van der Waals surface area (Å²) in [6, 6.07) is 4.86. The van der Waals surface area contributed by atoms with Gasteiger partial charge in [0, 0.05) is 13.1 Å². The number of fused-ring (bicyclic) bond motifs is 3. The first-order chi connectivity index (χ1) is 11.6. The second kappa shape index (κ2) is 6.07. The summed E-state index contributed by atoms with van der Waals surface area (Å²) < 4.78 is 7.74. The van der Waals surface area contributed by atoms with Crippen LogP contribution in [0, 0.1) is 0 Å². The van der Waals surface area contributed by atoms with Crippen LogP contribution in [-0.2, 0) is 22.6 Å². The van der Waals surface area contributed by atoms with E-state index in [0.29, 0.717) is 19.7 Å². The largest absolute Gasteiger partial charge is 0.506 e. The maximum Gasteiger partial charge on any atom is 0.227 e. The quantitative estimate of drug-likeness (QED) is 0.890. The van der Waals surface area contributed by atoms with Crippen molar-refractivity contribution in [1.82, 2.24) is 19.9 Å². The monoisotopic (exact) mass is 348 g/mol. The Morgan fingerprint density at radius 2 is 2.33 bits per heavy atom. The van der Waals surface area contributed by atoms with Crippen LogP contribution >= 0.6 is 11.6 Å². The number of aromatic nitrogens is 3. The van der Waals surface area contributed by atoms with E-state index in [9.17, 15) is 9.90 Å². The Labute approximate surface area is 143 Å². The predicted molar refractivity (Wildman–Crippen MR) is 85.7 cm³/mol. The number of rotatable bonds is 2. The molecule has 0 saturated carbocycles. The number of likely N-dealkylation sites (tertiary alicyclic amines) is 1. The molecule has 2 aliphatic heterocycles. The number of halogens is 1. The number of phenolic OH excluding ortho intramolecular Hbond substituents is 1. The van der Waals surface area contributed by atoms with Crippen LogP contribution in [0.3, 0.4) is 0 Å². The molecule has 0 radical (unpaired) electrons. The standard InChI is InChI=1S/C16H17ClN4O3/c17-12-5-10(1-2-14(12)22)6-16(23)20-4-3-15-13(8-20)21-11(9-24-15)7-18-19-21/h1-2,5,7,13,15,22H,3-4,6,8-9H2/t13-,15+/m1/s1. The van der Waals surface area contributed by atoms with E-state index in [2.05, 4.69) is 10.3 Å². The van der Waals surface area contributed by atoms with E-state index in [1.165, 1.54) is 6.07 Å². The Balaban J connectivity index is 1.47. The van der Waals surface area contributed by atoms with Crippen molar-refractivity contribution in [1.29, 1.82) is 0 Å². The van der Waals surface area contributed by atoms with Gasteiger partial charge in [-0.15, -0.1) is 5.10 Å². The van der Waals surface area contributed by atoms with Crippen molar-refractivity contribution in [2.75, 3.05) is 13.1 Å². The molecular weight excluding hydrogens is 332 g/mol. The second-order valence-electron chi connectivity index (χ2n) is 6.18. The number of carbonyl (C=O) groups excluding carboxylic acids is 1. The summed E-state index contributed by atoms with van der Waals surface area (Å²) in [5.74, 6) is 0.0502. The van der Waals surface area contributed by atoms with E-state index >= 15 is 0 Å². The molecule has 1 aromatic heterocycles. The van der Waals surface area contributed by atoms with Crippen molar-refractivity contribution in [3.8, 4) is 5.75 Å². The molecule has 1 amide bonds. The van der Waals surface area contributed by atoms with Crippen molar-refractivity contribution in [3.05, 3.63) is 40.7 Å². The van der Waals surface area contributed by atoms with E-state index in [1.54, 1.807) is 18.3 Å². The molecule has 126 valence electrons. The number of ether oxygens (including phenoxy) is 1. The molecule has 1 fully saturated rings. The van der Waals surface area contributed by atoms with Gasteiger partial charge in [-0.1, -0.05) is 22.9 Å². The van der Waals surface area contributed by atoms with Gasteiger partial charge in [0.05, 0.1) is 42.1 Å². The lowest BCUT2D eigenvalue weighted by Gasteiger charge is -2.41. The van der Waals surface area contributed by atoms with Crippen LogP contribution in [0.5, 0.6) is 5.75 Å². The maximum atomic E-state index is 12.6. The molecule has 2 aromatic rings. The summed E-state index contributed by atoms with van der Waals surface area (Å²) >= 11 is 5.91. The average molecular weight is 349 g/mol. The molecule has 1 N–H and O–H groups in total. The molecule has 7 nitrogen and oxygen atoms in total. The highest BCUT2D eigenvalue weighted by Gasteiger charge is 2.37. The van der Waals surface area contributed by atoms with Gasteiger partial charge < -0.3 is 14.7 Å². The van der Waals surface area contributed by atoms with Gasteiger partial charge in [-0.05, 0) is 24.1 Å². The summed E-state index contributed by atoms with van der Waals surface area (Å²) in [5.41, 5.74) is 1.72. The van der Waals surface area contributed by atoms with E-state index in [-0.39, 0.29) is 35.2 Å². The molecule has 0 spiro atoms. The first-order valence-corrected chi connectivity index (χ1v) is 8.25. The smallest absolute Gasteiger partial charge is 0.227 e. The van der Waals surface area contributed by atoms with E-state index in [4.69, 9.17) is 16.3 Å². The fourth-order valence-corrected chi connectivity index (χ4v) is 3.56. The van der Waals surface area contributed by atoms with Crippen LogP contribution < -0.4 is 0 Å². The summed E-state index contributed by atoms with van der Waals surface area (Å²) in [5, 5.41) is 17.8. The molecule has 1 aromatic carbocycles. The molecular formula is C16H17ClN4O3. The summed E-state index contributed by atoms with van der Waals surface area (Å²) in [6.07, 6.45) is 2.82. The molecule has 1 saturated heterocycles. The van der Waals surface area contributed by atoms with Gasteiger partial charge in [0.1, 0.15) is 5.75 Å². The third-order valence-electron chi connectivity index (χ3n) is 4.65. The highest BCUT2D eigenvalue weighted by atomic mass is 35.5. The fraction of sp³-hybridized carbons (Fsp3) is 0.438. The highest BCUT2D eigenvalue weighted by Crippen LogP contribution is 2.30. The molecule has 3 heterocycles. The number of amides is 1. The number of benzene rings is 1. The Kier molecular flexibility index (Phi) is 3.90. The highest BCUT2D eigenvalue weighted by molar-refractivity contribution is 6.32. The Bertz CT molecular complexity index is 778. The molecule has 4 rings (SSSR count). The van der Waals surface area contributed by atoms with E-state index < -0.39 is 0 Å². The zero-order valence-corrected chi connectivity index (χ0v) is 13.7. The van der Waals surface area contributed by atoms with Gasteiger partial charge in [0.2, 0.25) is 5.91 Å². The van der Waals surface area contributed by atoms with Crippen LogP contribution in [-0.4, -0.2) is 50.1 Å². The minimum absolute atomic E-state index is 0.0114. The number of nitrogens with zero attached hydrogens (tertiary/aromatic N) is 4. The molecule has 8 heteroatoms. The maximum absolute atomic E-state index is 12.6. The SMILES string of the molecule is O=C(Cc1ccc(O)c(Cl)c1)N1CC[C@@H]2OCc3cnnn3[C@@H]2C1. The first kappa shape index (κ1) is 15.4. The lowest BCUT2D eigenvalue weighted by Crippen LogP contribution is -2.50. The topological polar surface area (TPSA) is 80.5 Å². The minimum Gasteiger partial charge on any atom is -0.506 e. The molecule has 0 unspecified atom stereocenters. The van der Waals surface area contributed by atoms with Gasteiger partial charge in [-0.2, -0.15) is 0 Å². The first-order valence-electron chi connectivity index (χ1n) is 7.87. The van der Waals surface area contributed by atoms with Gasteiger partial charge in [0.15, 0.2) is 0 Å². The zero-order valence-electron chi connectivity index (χ0n) is 12.9. The number of hydrogen-bond acceptors (Lipinski definition) is 5. The lowest BCUT2D eigenvalue weighted by atomic mass is 9.99. The van der Waals surface area contributed by atoms with Gasteiger partial charge in [-0.3, -0.25) is 4.79 Å². The summed E-state index contributed by atoms with van der Waals surface area (Å²) in [7, 11) is 0. The number of aromatic hydroxyl groups is 1. The van der Waals surface area contributed by atoms with Crippen LogP contribution in [0.1, 0.15) is 23.7 Å². The zero-order chi connectivity index (χ0) is 16.7. The Morgan fingerprint density at radius 3 is 3.17 bits per heavy atom. The van der Waals surface area contributed by atoms with Crippen molar-refractivity contribution >= 4 is 17.5 Å². The van der Waals surface area contributed by atoms with E-state index in [0.717, 1.165) is 17.7 Å². The third kappa shape index (κ3) is 2.74. The van der Waals surface area contributed by atoms with Gasteiger partial charge >= 0.3 is 0 Å². The van der Waals surface area contributed by atoms with Crippen LogP contribution in [0.15, 0.2) is 24.4 Å². The second-order valence-corrected chi connectivity index (χ2v) is 6.58. The van der Waals surface area contributed by atoms with Crippen molar-refractivity contribution < 1.29 is 14.6 Å².